The molecule has 0 aromatic rings. The third-order valence-electron chi connectivity index (χ3n) is 5.07. The number of aliphatic hydroxyl groups is 1. The average Bonchev–Trinajstić information content (AvgIpc) is 3.04. The van der Waals surface area contributed by atoms with E-state index in [-0.39, 0.29) is 17.6 Å². The van der Waals surface area contributed by atoms with Crippen LogP contribution in [0.2, 0.25) is 0 Å². The van der Waals surface area contributed by atoms with E-state index in [0.29, 0.717) is 19.0 Å². The highest BCUT2D eigenvalue weighted by Gasteiger charge is 2.36. The second kappa shape index (κ2) is 6.99. The first-order valence-corrected chi connectivity index (χ1v) is 8.61. The first kappa shape index (κ1) is 16.6. The number of carbonyl (C=O) groups excluding carboxylic acids is 1. The predicted octanol–water partition coefficient (Wildman–Crippen LogP) is 3.15. The SMILES string of the molecule is CC(O)CC(C)(C)CNC(=O)N1CCCC1C1CCCC1. The molecule has 1 saturated heterocycles. The first-order valence-electron chi connectivity index (χ1n) is 8.61. The predicted molar refractivity (Wildman–Crippen MR) is 85.2 cm³/mol. The molecular weight excluding hydrogens is 264 g/mol. The van der Waals surface area contributed by atoms with E-state index in [0.717, 1.165) is 18.9 Å². The average molecular weight is 296 g/mol. The van der Waals surface area contributed by atoms with Gasteiger partial charge in [0, 0.05) is 19.1 Å². The van der Waals surface area contributed by atoms with E-state index in [1.807, 2.05) is 0 Å². The van der Waals surface area contributed by atoms with Gasteiger partial charge in [-0.3, -0.25) is 0 Å². The molecule has 2 amide bonds. The summed E-state index contributed by atoms with van der Waals surface area (Å²) in [4.78, 5) is 14.6. The molecular formula is C17H32N2O2. The van der Waals surface area contributed by atoms with Crippen molar-refractivity contribution in [3.05, 3.63) is 0 Å². The molecule has 0 bridgehead atoms. The normalized spacial score (nSPS) is 25.3. The highest BCUT2D eigenvalue weighted by molar-refractivity contribution is 5.75. The van der Waals surface area contributed by atoms with Gasteiger partial charge < -0.3 is 15.3 Å². The van der Waals surface area contributed by atoms with Gasteiger partial charge in [-0.25, -0.2) is 4.79 Å². The molecule has 2 rings (SSSR count). The lowest BCUT2D eigenvalue weighted by Crippen LogP contribution is -2.47. The Labute approximate surface area is 129 Å². The zero-order chi connectivity index (χ0) is 15.5. The first-order chi connectivity index (χ1) is 9.89. The van der Waals surface area contributed by atoms with Crippen molar-refractivity contribution in [3.63, 3.8) is 0 Å². The number of nitrogens with zero attached hydrogens (tertiary/aromatic N) is 1. The molecule has 2 aliphatic rings. The van der Waals surface area contributed by atoms with E-state index in [4.69, 9.17) is 0 Å². The summed E-state index contributed by atoms with van der Waals surface area (Å²) in [6.45, 7) is 7.53. The molecule has 1 aliphatic carbocycles. The van der Waals surface area contributed by atoms with Gasteiger partial charge in [-0.2, -0.15) is 0 Å². The molecule has 0 spiro atoms. The second-order valence-corrected chi connectivity index (χ2v) is 7.82. The summed E-state index contributed by atoms with van der Waals surface area (Å²) in [5.41, 5.74) is -0.0631. The molecule has 1 saturated carbocycles. The van der Waals surface area contributed by atoms with Crippen molar-refractivity contribution in [1.82, 2.24) is 10.2 Å². The molecule has 4 nitrogen and oxygen atoms in total. The number of likely N-dealkylation sites (tertiary alicyclic amines) is 1. The Bertz CT molecular complexity index is 349. The zero-order valence-corrected chi connectivity index (χ0v) is 13.9. The van der Waals surface area contributed by atoms with Crippen molar-refractivity contribution in [1.29, 1.82) is 0 Å². The molecule has 2 atom stereocenters. The standard InChI is InChI=1S/C17H32N2O2/c1-13(20)11-17(2,3)12-18-16(21)19-10-6-9-15(19)14-7-4-5-8-14/h13-15,20H,4-12H2,1-3H3,(H,18,21). The van der Waals surface area contributed by atoms with E-state index >= 15 is 0 Å². The van der Waals surface area contributed by atoms with Gasteiger partial charge in [0.2, 0.25) is 0 Å². The number of hydrogen-bond acceptors (Lipinski definition) is 2. The van der Waals surface area contributed by atoms with Crippen molar-refractivity contribution in [2.45, 2.75) is 77.9 Å². The number of nitrogens with one attached hydrogen (secondary N) is 1. The van der Waals surface area contributed by atoms with Crippen LogP contribution in [0.4, 0.5) is 4.79 Å². The Morgan fingerprint density at radius 3 is 2.57 bits per heavy atom. The second-order valence-electron chi connectivity index (χ2n) is 7.82. The molecule has 2 unspecified atom stereocenters. The quantitative estimate of drug-likeness (QED) is 0.819. The number of urea groups is 1. The number of carbonyl (C=O) groups is 1. The van der Waals surface area contributed by atoms with Gasteiger partial charge in [-0.05, 0) is 50.4 Å². The topological polar surface area (TPSA) is 52.6 Å². The van der Waals surface area contributed by atoms with Crippen LogP contribution in [0.15, 0.2) is 0 Å². The van der Waals surface area contributed by atoms with Crippen molar-refractivity contribution in [2.75, 3.05) is 13.1 Å². The summed E-state index contributed by atoms with van der Waals surface area (Å²) in [5.74, 6) is 0.726. The fraction of sp³-hybridized carbons (Fsp3) is 0.941. The largest absolute Gasteiger partial charge is 0.393 e. The summed E-state index contributed by atoms with van der Waals surface area (Å²) in [6, 6.07) is 0.565. The highest BCUT2D eigenvalue weighted by Crippen LogP contribution is 2.35. The zero-order valence-electron chi connectivity index (χ0n) is 13.9. The van der Waals surface area contributed by atoms with Crippen LogP contribution < -0.4 is 5.32 Å². The van der Waals surface area contributed by atoms with Crippen molar-refractivity contribution in [2.24, 2.45) is 11.3 Å². The van der Waals surface area contributed by atoms with Crippen LogP contribution in [0.25, 0.3) is 0 Å². The Balaban J connectivity index is 1.84. The van der Waals surface area contributed by atoms with Crippen LogP contribution in [-0.2, 0) is 0 Å². The minimum atomic E-state index is -0.324. The van der Waals surface area contributed by atoms with Crippen LogP contribution in [0, 0.1) is 11.3 Å². The molecule has 0 radical (unpaired) electrons. The van der Waals surface area contributed by atoms with E-state index in [9.17, 15) is 9.90 Å². The fourth-order valence-electron chi connectivity index (χ4n) is 4.17. The smallest absolute Gasteiger partial charge is 0.317 e. The van der Waals surface area contributed by atoms with Crippen LogP contribution in [0.5, 0.6) is 0 Å². The van der Waals surface area contributed by atoms with Gasteiger partial charge in [-0.15, -0.1) is 0 Å². The van der Waals surface area contributed by atoms with Gasteiger partial charge in [0.25, 0.3) is 0 Å². The van der Waals surface area contributed by atoms with Crippen LogP contribution >= 0.6 is 0 Å². The molecule has 0 aromatic heterocycles. The molecule has 0 aromatic carbocycles. The summed E-state index contributed by atoms with van der Waals surface area (Å²) < 4.78 is 0. The van der Waals surface area contributed by atoms with Crippen molar-refractivity contribution in [3.8, 4) is 0 Å². The third-order valence-corrected chi connectivity index (χ3v) is 5.07. The lowest BCUT2D eigenvalue weighted by atomic mass is 9.87. The number of rotatable bonds is 5. The van der Waals surface area contributed by atoms with Gasteiger partial charge in [0.05, 0.1) is 6.10 Å². The van der Waals surface area contributed by atoms with E-state index < -0.39 is 0 Å². The van der Waals surface area contributed by atoms with Crippen LogP contribution in [0.1, 0.15) is 65.7 Å². The lowest BCUT2D eigenvalue weighted by molar-refractivity contribution is 0.124. The minimum absolute atomic E-state index is 0.0631. The van der Waals surface area contributed by atoms with Crippen LogP contribution in [-0.4, -0.2) is 41.3 Å². The maximum absolute atomic E-state index is 12.5. The van der Waals surface area contributed by atoms with E-state index in [1.54, 1.807) is 6.92 Å². The molecule has 1 aliphatic heterocycles. The van der Waals surface area contributed by atoms with Gasteiger partial charge >= 0.3 is 6.03 Å². The molecule has 1 heterocycles. The van der Waals surface area contributed by atoms with Gasteiger partial charge in [0.1, 0.15) is 0 Å². The van der Waals surface area contributed by atoms with E-state index in [1.165, 1.54) is 32.1 Å². The van der Waals surface area contributed by atoms with Crippen LogP contribution in [0.3, 0.4) is 0 Å². The highest BCUT2D eigenvalue weighted by atomic mass is 16.3. The summed E-state index contributed by atoms with van der Waals surface area (Å²) in [5, 5.41) is 12.6. The monoisotopic (exact) mass is 296 g/mol. The number of aliphatic hydroxyl groups excluding tert-OH is 1. The number of amides is 2. The maximum atomic E-state index is 12.5. The summed E-state index contributed by atoms with van der Waals surface area (Å²) in [7, 11) is 0. The summed E-state index contributed by atoms with van der Waals surface area (Å²) in [6.07, 6.45) is 7.95. The number of hydrogen-bond donors (Lipinski definition) is 2. The van der Waals surface area contributed by atoms with Gasteiger partial charge in [-0.1, -0.05) is 26.7 Å². The molecule has 2 N–H and O–H groups in total. The molecule has 21 heavy (non-hydrogen) atoms. The Morgan fingerprint density at radius 1 is 1.29 bits per heavy atom. The summed E-state index contributed by atoms with van der Waals surface area (Å²) >= 11 is 0. The van der Waals surface area contributed by atoms with Crippen molar-refractivity contribution >= 4 is 6.03 Å². The fourth-order valence-corrected chi connectivity index (χ4v) is 4.17. The van der Waals surface area contributed by atoms with Gasteiger partial charge in [0.15, 0.2) is 0 Å². The lowest BCUT2D eigenvalue weighted by Gasteiger charge is -2.32. The minimum Gasteiger partial charge on any atom is -0.393 e. The molecule has 2 fully saturated rings. The third kappa shape index (κ3) is 4.60. The Kier molecular flexibility index (Phi) is 5.53. The molecule has 4 heteroatoms. The maximum Gasteiger partial charge on any atom is 0.317 e. The Hall–Kier alpha value is -0.770. The molecule has 122 valence electrons. The Morgan fingerprint density at radius 2 is 1.95 bits per heavy atom. The van der Waals surface area contributed by atoms with Crippen molar-refractivity contribution < 1.29 is 9.90 Å². The van der Waals surface area contributed by atoms with E-state index in [2.05, 4.69) is 24.1 Å².